The van der Waals surface area contributed by atoms with Crippen LogP contribution in [0.1, 0.15) is 23.9 Å². The van der Waals surface area contributed by atoms with Gasteiger partial charge in [-0.1, -0.05) is 54.2 Å². The van der Waals surface area contributed by atoms with E-state index in [4.69, 9.17) is 5.73 Å². The van der Waals surface area contributed by atoms with Crippen molar-refractivity contribution in [3.8, 4) is 0 Å². The molecular weight excluding hydrogens is 430 g/mol. The van der Waals surface area contributed by atoms with Crippen molar-refractivity contribution in [1.82, 2.24) is 14.8 Å². The number of primary amides is 1. The highest BCUT2D eigenvalue weighted by atomic mass is 32.2. The van der Waals surface area contributed by atoms with Crippen molar-refractivity contribution in [2.75, 3.05) is 16.4 Å². The van der Waals surface area contributed by atoms with E-state index in [1.54, 1.807) is 11.8 Å². The SMILES string of the molecule is Cn1c(CCC(N)=O)nnc1SCC(=O)N1c2ccccc2SC[C@H]1c1ccccc1. The molecule has 9 heteroatoms. The minimum atomic E-state index is -0.374. The number of fused-ring (bicyclic) bond motifs is 1. The normalized spacial score (nSPS) is 15.5. The molecule has 4 rings (SSSR count). The van der Waals surface area contributed by atoms with Crippen molar-refractivity contribution in [2.45, 2.75) is 28.9 Å². The average molecular weight is 454 g/mol. The molecule has 1 aliphatic heterocycles. The van der Waals surface area contributed by atoms with Crippen molar-refractivity contribution in [3.05, 3.63) is 66.0 Å². The number of rotatable bonds is 7. The molecule has 1 aromatic heterocycles. The fourth-order valence-corrected chi connectivity index (χ4v) is 5.49. The summed E-state index contributed by atoms with van der Waals surface area (Å²) in [4.78, 5) is 27.5. The zero-order valence-corrected chi connectivity index (χ0v) is 18.7. The van der Waals surface area contributed by atoms with E-state index in [2.05, 4.69) is 28.4 Å². The van der Waals surface area contributed by atoms with Gasteiger partial charge in [-0.2, -0.15) is 0 Å². The van der Waals surface area contributed by atoms with Crippen molar-refractivity contribution < 1.29 is 9.59 Å². The Morgan fingerprint density at radius 2 is 1.87 bits per heavy atom. The molecule has 1 aliphatic rings. The maximum Gasteiger partial charge on any atom is 0.238 e. The Bertz CT molecular complexity index is 1090. The molecule has 160 valence electrons. The fraction of sp³-hybridized carbons (Fsp3) is 0.273. The van der Waals surface area contributed by atoms with Gasteiger partial charge in [0, 0.05) is 30.5 Å². The van der Waals surface area contributed by atoms with Crippen LogP contribution in [0.3, 0.4) is 0 Å². The summed E-state index contributed by atoms with van der Waals surface area (Å²) in [5, 5.41) is 8.96. The smallest absolute Gasteiger partial charge is 0.238 e. The summed E-state index contributed by atoms with van der Waals surface area (Å²) in [6.45, 7) is 0. The quantitative estimate of drug-likeness (QED) is 0.552. The molecule has 0 radical (unpaired) electrons. The number of thioether (sulfide) groups is 2. The summed E-state index contributed by atoms with van der Waals surface area (Å²) < 4.78 is 1.82. The first-order valence-corrected chi connectivity index (χ1v) is 11.9. The first-order chi connectivity index (χ1) is 15.0. The van der Waals surface area contributed by atoms with Crippen LogP contribution >= 0.6 is 23.5 Å². The minimum absolute atomic E-state index is 0.0216. The summed E-state index contributed by atoms with van der Waals surface area (Å²) in [5.41, 5.74) is 7.29. The molecule has 3 aromatic rings. The summed E-state index contributed by atoms with van der Waals surface area (Å²) in [7, 11) is 1.84. The molecule has 0 spiro atoms. The van der Waals surface area contributed by atoms with Gasteiger partial charge in [0.25, 0.3) is 0 Å². The Morgan fingerprint density at radius 3 is 2.65 bits per heavy atom. The first kappa shape index (κ1) is 21.5. The van der Waals surface area contributed by atoms with Crippen LogP contribution in [0.15, 0.2) is 64.6 Å². The van der Waals surface area contributed by atoms with Gasteiger partial charge in [0.2, 0.25) is 11.8 Å². The second kappa shape index (κ2) is 9.57. The number of aromatic nitrogens is 3. The van der Waals surface area contributed by atoms with Crippen LogP contribution in [0.4, 0.5) is 5.69 Å². The highest BCUT2D eigenvalue weighted by Crippen LogP contribution is 2.43. The third-order valence-corrected chi connectivity index (χ3v) is 7.27. The van der Waals surface area contributed by atoms with Gasteiger partial charge in [-0.3, -0.25) is 9.59 Å². The highest BCUT2D eigenvalue weighted by molar-refractivity contribution is 8.00. The van der Waals surface area contributed by atoms with Crippen LogP contribution in [0.25, 0.3) is 0 Å². The van der Waals surface area contributed by atoms with E-state index in [-0.39, 0.29) is 30.0 Å². The molecule has 2 heterocycles. The van der Waals surface area contributed by atoms with Crippen LogP contribution in [0.2, 0.25) is 0 Å². The maximum absolute atomic E-state index is 13.4. The summed E-state index contributed by atoms with van der Waals surface area (Å²) in [6.07, 6.45) is 0.650. The Balaban J connectivity index is 1.53. The van der Waals surface area contributed by atoms with Crippen LogP contribution in [-0.2, 0) is 23.1 Å². The zero-order valence-electron chi connectivity index (χ0n) is 17.1. The Hall–Kier alpha value is -2.78. The number of nitrogens with zero attached hydrogens (tertiary/aromatic N) is 4. The summed E-state index contributed by atoms with van der Waals surface area (Å²) in [6, 6.07) is 18.1. The number of aryl methyl sites for hydroxylation is 1. The second-order valence-electron chi connectivity index (χ2n) is 7.18. The predicted molar refractivity (Wildman–Crippen MR) is 123 cm³/mol. The van der Waals surface area contributed by atoms with E-state index in [1.807, 2.05) is 52.9 Å². The number of hydrogen-bond donors (Lipinski definition) is 1. The van der Waals surface area contributed by atoms with Gasteiger partial charge in [-0.15, -0.1) is 22.0 Å². The lowest BCUT2D eigenvalue weighted by Gasteiger charge is -2.37. The number of para-hydroxylation sites is 1. The van der Waals surface area contributed by atoms with Crippen molar-refractivity contribution >= 4 is 41.0 Å². The van der Waals surface area contributed by atoms with Crippen LogP contribution < -0.4 is 10.6 Å². The predicted octanol–water partition coefficient (Wildman–Crippen LogP) is 3.21. The second-order valence-corrected chi connectivity index (χ2v) is 9.19. The van der Waals surface area contributed by atoms with Gasteiger partial charge < -0.3 is 15.2 Å². The number of amides is 2. The molecular formula is C22H23N5O2S2. The third kappa shape index (κ3) is 4.77. The topological polar surface area (TPSA) is 94.1 Å². The number of hydrogen-bond acceptors (Lipinski definition) is 6. The van der Waals surface area contributed by atoms with Crippen LogP contribution in [0, 0.1) is 0 Å². The molecule has 31 heavy (non-hydrogen) atoms. The highest BCUT2D eigenvalue weighted by Gasteiger charge is 2.32. The standard InChI is InChI=1S/C22H23N5O2S2/c1-26-20(12-11-19(23)28)24-25-22(26)31-14-21(29)27-16-9-5-6-10-18(16)30-13-17(27)15-7-3-2-4-8-15/h2-10,17H,11-14H2,1H3,(H2,23,28)/t17-/m0/s1. The van der Waals surface area contributed by atoms with E-state index in [0.29, 0.717) is 17.4 Å². The number of anilines is 1. The van der Waals surface area contributed by atoms with Gasteiger partial charge in [0.1, 0.15) is 5.82 Å². The molecule has 0 saturated carbocycles. The van der Waals surface area contributed by atoms with Gasteiger partial charge in [0.15, 0.2) is 5.16 Å². The third-order valence-electron chi connectivity index (χ3n) is 5.13. The molecule has 0 bridgehead atoms. The Kier molecular flexibility index (Phi) is 6.62. The van der Waals surface area contributed by atoms with Crippen molar-refractivity contribution in [2.24, 2.45) is 12.8 Å². The molecule has 2 amide bonds. The molecule has 0 fully saturated rings. The van der Waals surface area contributed by atoms with Crippen molar-refractivity contribution in [1.29, 1.82) is 0 Å². The molecule has 0 unspecified atom stereocenters. The van der Waals surface area contributed by atoms with Gasteiger partial charge in [0.05, 0.1) is 17.5 Å². The molecule has 2 aromatic carbocycles. The summed E-state index contributed by atoms with van der Waals surface area (Å²) in [5.74, 6) is 1.37. The lowest BCUT2D eigenvalue weighted by atomic mass is 10.1. The van der Waals surface area contributed by atoms with E-state index < -0.39 is 0 Å². The number of benzene rings is 2. The zero-order chi connectivity index (χ0) is 21.8. The number of nitrogens with two attached hydrogens (primary N) is 1. The Morgan fingerprint density at radius 1 is 1.13 bits per heavy atom. The van der Waals surface area contributed by atoms with Crippen LogP contribution in [-0.4, -0.2) is 38.1 Å². The molecule has 1 atom stereocenters. The molecule has 0 saturated heterocycles. The van der Waals surface area contributed by atoms with Crippen molar-refractivity contribution in [3.63, 3.8) is 0 Å². The van der Waals surface area contributed by atoms with E-state index >= 15 is 0 Å². The van der Waals surface area contributed by atoms with E-state index in [1.165, 1.54) is 11.8 Å². The number of carbonyl (C=O) groups is 2. The van der Waals surface area contributed by atoms with Gasteiger partial charge in [-0.05, 0) is 17.7 Å². The van der Waals surface area contributed by atoms with Gasteiger partial charge >= 0.3 is 0 Å². The lowest BCUT2D eigenvalue weighted by molar-refractivity contribution is -0.118. The molecule has 7 nitrogen and oxygen atoms in total. The fourth-order valence-electron chi connectivity index (χ4n) is 3.54. The maximum atomic E-state index is 13.4. The Labute approximate surface area is 189 Å². The largest absolute Gasteiger partial charge is 0.370 e. The monoisotopic (exact) mass is 453 g/mol. The van der Waals surface area contributed by atoms with Gasteiger partial charge in [-0.25, -0.2) is 0 Å². The average Bonchev–Trinajstić information content (AvgIpc) is 3.15. The lowest BCUT2D eigenvalue weighted by Crippen LogP contribution is -2.39. The summed E-state index contributed by atoms with van der Waals surface area (Å²) >= 11 is 3.13. The molecule has 0 aliphatic carbocycles. The number of carbonyl (C=O) groups excluding carboxylic acids is 2. The van der Waals surface area contributed by atoms with E-state index in [0.717, 1.165) is 21.9 Å². The first-order valence-electron chi connectivity index (χ1n) is 9.93. The van der Waals surface area contributed by atoms with Crippen LogP contribution in [0.5, 0.6) is 0 Å². The minimum Gasteiger partial charge on any atom is -0.370 e. The van der Waals surface area contributed by atoms with E-state index in [9.17, 15) is 9.59 Å². The molecule has 2 N–H and O–H groups in total.